The third-order valence-electron chi connectivity index (χ3n) is 4.12. The molecule has 2 aromatic carbocycles. The van der Waals surface area contributed by atoms with E-state index in [-0.39, 0.29) is 17.9 Å². The molecular weight excluding hydrogens is 350 g/mol. The Morgan fingerprint density at radius 2 is 1.85 bits per heavy atom. The number of hydrazone groups is 1. The minimum Gasteiger partial charge on any atom is -0.349 e. The van der Waals surface area contributed by atoms with Gasteiger partial charge in [-0.15, -0.1) is 0 Å². The van der Waals surface area contributed by atoms with Gasteiger partial charge in [0, 0.05) is 22.3 Å². The van der Waals surface area contributed by atoms with Crippen LogP contribution in [0.3, 0.4) is 0 Å². The summed E-state index contributed by atoms with van der Waals surface area (Å²) in [5, 5.41) is 9.26. The van der Waals surface area contributed by atoms with Crippen LogP contribution in [0.25, 0.3) is 0 Å². The SMILES string of the molecule is CC1=NN(c2ccc(C(=O)NC(C)Cc3ccc(Cl)cc3)cc2)C(=O)C1. The van der Waals surface area contributed by atoms with Gasteiger partial charge in [0.25, 0.3) is 11.8 Å². The van der Waals surface area contributed by atoms with E-state index in [0.29, 0.717) is 22.7 Å². The van der Waals surface area contributed by atoms with Gasteiger partial charge in [0.05, 0.1) is 12.1 Å². The van der Waals surface area contributed by atoms with E-state index in [9.17, 15) is 9.59 Å². The molecule has 2 amide bonds. The summed E-state index contributed by atoms with van der Waals surface area (Å²) in [5.74, 6) is -0.207. The molecule has 2 aromatic rings. The molecule has 1 N–H and O–H groups in total. The minimum atomic E-state index is -0.148. The number of benzene rings is 2. The number of carbonyl (C=O) groups excluding carboxylic acids is 2. The third-order valence-corrected chi connectivity index (χ3v) is 4.37. The van der Waals surface area contributed by atoms with Crippen molar-refractivity contribution in [2.24, 2.45) is 5.10 Å². The highest BCUT2D eigenvalue weighted by molar-refractivity contribution is 6.30. The smallest absolute Gasteiger partial charge is 0.253 e. The van der Waals surface area contributed by atoms with Gasteiger partial charge in [0.2, 0.25) is 0 Å². The Bertz CT molecular complexity index is 844. The van der Waals surface area contributed by atoms with Crippen LogP contribution in [-0.2, 0) is 11.2 Å². The average molecular weight is 370 g/mol. The molecule has 1 aliphatic heterocycles. The molecule has 5 nitrogen and oxygen atoms in total. The standard InChI is InChI=1S/C20H20ClN3O2/c1-13(11-15-3-7-17(21)8-4-15)22-20(26)16-5-9-18(10-6-16)24-19(25)12-14(2)23-24/h3-10,13H,11-12H2,1-2H3,(H,22,26). The number of halogens is 1. The lowest BCUT2D eigenvalue weighted by Crippen LogP contribution is -2.34. The normalized spacial score (nSPS) is 15.0. The molecule has 0 bridgehead atoms. The van der Waals surface area contributed by atoms with Crippen molar-refractivity contribution < 1.29 is 9.59 Å². The number of rotatable bonds is 5. The van der Waals surface area contributed by atoms with Gasteiger partial charge in [-0.1, -0.05) is 23.7 Å². The van der Waals surface area contributed by atoms with Gasteiger partial charge >= 0.3 is 0 Å². The van der Waals surface area contributed by atoms with Gasteiger partial charge < -0.3 is 5.32 Å². The second kappa shape index (κ2) is 7.70. The van der Waals surface area contributed by atoms with Crippen LogP contribution in [0.5, 0.6) is 0 Å². The largest absolute Gasteiger partial charge is 0.349 e. The number of amides is 2. The summed E-state index contributed by atoms with van der Waals surface area (Å²) < 4.78 is 0. The first-order chi connectivity index (χ1) is 12.4. The van der Waals surface area contributed by atoms with Crippen LogP contribution >= 0.6 is 11.6 Å². The molecule has 0 saturated heterocycles. The summed E-state index contributed by atoms with van der Waals surface area (Å²) in [7, 11) is 0. The summed E-state index contributed by atoms with van der Waals surface area (Å²) >= 11 is 5.89. The molecule has 1 atom stereocenters. The lowest BCUT2D eigenvalue weighted by atomic mass is 10.1. The van der Waals surface area contributed by atoms with Crippen LogP contribution in [0, 0.1) is 0 Å². The second-order valence-electron chi connectivity index (χ2n) is 6.47. The molecular formula is C20H20ClN3O2. The quantitative estimate of drug-likeness (QED) is 0.871. The molecule has 1 aliphatic rings. The Balaban J connectivity index is 1.61. The van der Waals surface area contributed by atoms with Gasteiger partial charge in [-0.2, -0.15) is 5.10 Å². The van der Waals surface area contributed by atoms with E-state index in [1.165, 1.54) is 5.01 Å². The fraction of sp³-hybridized carbons (Fsp3) is 0.250. The highest BCUT2D eigenvalue weighted by atomic mass is 35.5. The van der Waals surface area contributed by atoms with E-state index in [1.54, 1.807) is 24.3 Å². The zero-order valence-corrected chi connectivity index (χ0v) is 15.5. The van der Waals surface area contributed by atoms with Crippen molar-refractivity contribution in [1.29, 1.82) is 0 Å². The first kappa shape index (κ1) is 18.1. The van der Waals surface area contributed by atoms with Crippen LogP contribution in [0.4, 0.5) is 5.69 Å². The molecule has 0 aliphatic carbocycles. The van der Waals surface area contributed by atoms with E-state index in [4.69, 9.17) is 11.6 Å². The third kappa shape index (κ3) is 4.29. The maximum absolute atomic E-state index is 12.4. The van der Waals surface area contributed by atoms with Crippen molar-refractivity contribution in [2.75, 3.05) is 5.01 Å². The fourth-order valence-electron chi connectivity index (χ4n) is 2.84. The van der Waals surface area contributed by atoms with Crippen molar-refractivity contribution in [1.82, 2.24) is 5.32 Å². The minimum absolute atomic E-state index is 0.0178. The molecule has 134 valence electrons. The average Bonchev–Trinajstić information content (AvgIpc) is 2.95. The number of hydrogen-bond acceptors (Lipinski definition) is 3. The van der Waals surface area contributed by atoms with Crippen molar-refractivity contribution in [3.8, 4) is 0 Å². The summed E-state index contributed by atoms with van der Waals surface area (Å²) in [6.45, 7) is 3.78. The Hall–Kier alpha value is -2.66. The Kier molecular flexibility index (Phi) is 5.38. The van der Waals surface area contributed by atoms with Crippen molar-refractivity contribution in [3.63, 3.8) is 0 Å². The maximum Gasteiger partial charge on any atom is 0.253 e. The van der Waals surface area contributed by atoms with Crippen molar-refractivity contribution in [2.45, 2.75) is 32.7 Å². The predicted molar refractivity (Wildman–Crippen MR) is 104 cm³/mol. The fourth-order valence-corrected chi connectivity index (χ4v) is 2.97. The molecule has 6 heteroatoms. The van der Waals surface area contributed by atoms with Gasteiger partial charge in [0.1, 0.15) is 0 Å². The molecule has 0 fully saturated rings. The van der Waals surface area contributed by atoms with Gasteiger partial charge in [0.15, 0.2) is 0 Å². The van der Waals surface area contributed by atoms with Crippen LogP contribution in [0.2, 0.25) is 5.02 Å². The van der Waals surface area contributed by atoms with Crippen LogP contribution < -0.4 is 10.3 Å². The number of hydrogen-bond donors (Lipinski definition) is 1. The van der Waals surface area contributed by atoms with Gasteiger partial charge in [-0.05, 0) is 62.2 Å². The molecule has 0 aromatic heterocycles. The topological polar surface area (TPSA) is 61.8 Å². The molecule has 0 spiro atoms. The maximum atomic E-state index is 12.4. The highest BCUT2D eigenvalue weighted by Gasteiger charge is 2.22. The lowest BCUT2D eigenvalue weighted by Gasteiger charge is -2.15. The first-order valence-corrected chi connectivity index (χ1v) is 8.82. The Labute approximate surface area is 157 Å². The molecule has 1 unspecified atom stereocenters. The summed E-state index contributed by atoms with van der Waals surface area (Å²) in [6.07, 6.45) is 1.06. The van der Waals surface area contributed by atoms with Gasteiger partial charge in [-0.25, -0.2) is 5.01 Å². The number of nitrogens with zero attached hydrogens (tertiary/aromatic N) is 2. The first-order valence-electron chi connectivity index (χ1n) is 8.45. The summed E-state index contributed by atoms with van der Waals surface area (Å²) in [4.78, 5) is 24.3. The number of anilines is 1. The van der Waals surface area contributed by atoms with E-state index in [1.807, 2.05) is 38.1 Å². The zero-order chi connectivity index (χ0) is 18.7. The monoisotopic (exact) mass is 369 g/mol. The van der Waals surface area contributed by atoms with Crippen molar-refractivity contribution in [3.05, 3.63) is 64.7 Å². The van der Waals surface area contributed by atoms with E-state index >= 15 is 0 Å². The van der Waals surface area contributed by atoms with Crippen LogP contribution in [-0.4, -0.2) is 23.6 Å². The Morgan fingerprint density at radius 1 is 1.19 bits per heavy atom. The molecule has 26 heavy (non-hydrogen) atoms. The lowest BCUT2D eigenvalue weighted by molar-refractivity contribution is -0.116. The number of nitrogens with one attached hydrogen (secondary N) is 1. The van der Waals surface area contributed by atoms with Gasteiger partial charge in [-0.3, -0.25) is 9.59 Å². The predicted octanol–water partition coefficient (Wildman–Crippen LogP) is 3.81. The molecule has 1 heterocycles. The summed E-state index contributed by atoms with van der Waals surface area (Å²) in [6, 6.07) is 14.5. The second-order valence-corrected chi connectivity index (χ2v) is 6.91. The highest BCUT2D eigenvalue weighted by Crippen LogP contribution is 2.21. The molecule has 0 saturated carbocycles. The van der Waals surface area contributed by atoms with Crippen LogP contribution in [0.15, 0.2) is 53.6 Å². The van der Waals surface area contributed by atoms with E-state index in [2.05, 4.69) is 10.4 Å². The Morgan fingerprint density at radius 3 is 2.42 bits per heavy atom. The summed E-state index contributed by atoms with van der Waals surface area (Å²) in [5.41, 5.74) is 3.10. The van der Waals surface area contributed by atoms with E-state index < -0.39 is 0 Å². The zero-order valence-electron chi connectivity index (χ0n) is 14.7. The molecule has 3 rings (SSSR count). The van der Waals surface area contributed by atoms with Crippen molar-refractivity contribution >= 4 is 34.8 Å². The molecule has 0 radical (unpaired) electrons. The number of carbonyl (C=O) groups is 2. The van der Waals surface area contributed by atoms with E-state index in [0.717, 1.165) is 17.7 Å². The van der Waals surface area contributed by atoms with Crippen LogP contribution in [0.1, 0.15) is 36.2 Å².